The van der Waals surface area contributed by atoms with Gasteiger partial charge in [0.25, 0.3) is 0 Å². The van der Waals surface area contributed by atoms with Crippen molar-refractivity contribution >= 4 is 5.91 Å². The molecule has 2 rings (SSSR count). The summed E-state index contributed by atoms with van der Waals surface area (Å²) in [6.07, 6.45) is 2.72. The summed E-state index contributed by atoms with van der Waals surface area (Å²) >= 11 is 0. The van der Waals surface area contributed by atoms with Gasteiger partial charge in [0.1, 0.15) is 11.5 Å². The molecule has 5 nitrogen and oxygen atoms in total. The highest BCUT2D eigenvalue weighted by atomic mass is 16.5. The molecule has 0 aromatic heterocycles. The summed E-state index contributed by atoms with van der Waals surface area (Å²) in [5.41, 5.74) is 7.52. The second-order valence-corrected chi connectivity index (χ2v) is 6.84. The van der Waals surface area contributed by atoms with E-state index in [1.165, 1.54) is 0 Å². The van der Waals surface area contributed by atoms with Crippen LogP contribution >= 0.6 is 0 Å². The van der Waals surface area contributed by atoms with Crippen molar-refractivity contribution in [1.29, 1.82) is 0 Å². The molecule has 0 saturated carbocycles. The van der Waals surface area contributed by atoms with Crippen LogP contribution in [0.1, 0.15) is 37.8 Å². The zero-order valence-corrected chi connectivity index (χ0v) is 16.2. The molecule has 27 heavy (non-hydrogen) atoms. The molecule has 0 aliphatic rings. The van der Waals surface area contributed by atoms with Crippen molar-refractivity contribution in [2.75, 3.05) is 6.61 Å². The summed E-state index contributed by atoms with van der Waals surface area (Å²) in [6, 6.07) is 14.2. The van der Waals surface area contributed by atoms with E-state index in [1.54, 1.807) is 24.3 Å². The molecule has 0 bridgehead atoms. The van der Waals surface area contributed by atoms with Crippen molar-refractivity contribution in [2.45, 2.75) is 45.7 Å². The third kappa shape index (κ3) is 6.94. The van der Waals surface area contributed by atoms with Gasteiger partial charge in [-0.15, -0.1) is 0 Å². The molecule has 0 fully saturated rings. The number of ether oxygens (including phenoxy) is 1. The highest BCUT2D eigenvalue weighted by molar-refractivity contribution is 5.80. The predicted octanol–water partition coefficient (Wildman–Crippen LogP) is 3.39. The first-order valence-corrected chi connectivity index (χ1v) is 9.54. The molecule has 0 unspecified atom stereocenters. The van der Waals surface area contributed by atoms with Crippen LogP contribution in [-0.2, 0) is 17.8 Å². The SMILES string of the molecule is CCC(CC)COc1ccc(CN[C@@H](Cc2ccc(O)cc2)C(N)=O)cc1. The maximum atomic E-state index is 11.7. The first kappa shape index (κ1) is 20.8. The van der Waals surface area contributed by atoms with E-state index in [-0.39, 0.29) is 5.75 Å². The Bertz CT molecular complexity index is 695. The number of carbonyl (C=O) groups excluding carboxylic acids is 1. The fourth-order valence-corrected chi connectivity index (χ4v) is 2.82. The van der Waals surface area contributed by atoms with Gasteiger partial charge in [-0.25, -0.2) is 0 Å². The summed E-state index contributed by atoms with van der Waals surface area (Å²) < 4.78 is 5.84. The minimum absolute atomic E-state index is 0.203. The third-order valence-electron chi connectivity index (χ3n) is 4.84. The van der Waals surface area contributed by atoms with E-state index in [4.69, 9.17) is 10.5 Å². The molecule has 4 N–H and O–H groups in total. The van der Waals surface area contributed by atoms with Crippen LogP contribution < -0.4 is 15.8 Å². The zero-order chi connectivity index (χ0) is 19.6. The Hall–Kier alpha value is -2.53. The van der Waals surface area contributed by atoms with E-state index in [9.17, 15) is 9.90 Å². The van der Waals surface area contributed by atoms with Crippen LogP contribution in [-0.4, -0.2) is 23.7 Å². The Kier molecular flexibility index (Phi) is 8.14. The fraction of sp³-hybridized carbons (Fsp3) is 0.409. The molecular formula is C22H30N2O3. The number of phenolic OH excluding ortho intramolecular Hbond substituents is 1. The molecule has 0 radical (unpaired) electrons. The van der Waals surface area contributed by atoms with E-state index in [1.807, 2.05) is 24.3 Å². The summed E-state index contributed by atoms with van der Waals surface area (Å²) in [5.74, 6) is 1.26. The van der Waals surface area contributed by atoms with Gasteiger partial charge in [-0.1, -0.05) is 51.0 Å². The number of nitrogens with one attached hydrogen (secondary N) is 1. The number of hydrogen-bond donors (Lipinski definition) is 3. The van der Waals surface area contributed by atoms with E-state index < -0.39 is 11.9 Å². The van der Waals surface area contributed by atoms with Crippen LogP contribution in [0.5, 0.6) is 11.5 Å². The minimum Gasteiger partial charge on any atom is -0.508 e. The smallest absolute Gasteiger partial charge is 0.234 e. The number of aromatic hydroxyl groups is 1. The molecule has 2 aromatic carbocycles. The monoisotopic (exact) mass is 370 g/mol. The summed E-state index contributed by atoms with van der Waals surface area (Å²) in [5, 5.41) is 12.6. The van der Waals surface area contributed by atoms with Gasteiger partial charge in [0, 0.05) is 6.54 Å². The number of phenols is 1. The Morgan fingerprint density at radius 2 is 1.63 bits per heavy atom. The average molecular weight is 370 g/mol. The standard InChI is InChI=1S/C22H30N2O3/c1-3-16(4-2)15-27-20-11-7-18(8-12-20)14-24-21(22(23)26)13-17-5-9-19(25)10-6-17/h5-12,16,21,24-25H,3-4,13-15H2,1-2H3,(H2,23,26)/t21-/m0/s1. The lowest BCUT2D eigenvalue weighted by atomic mass is 10.0. The molecule has 0 saturated heterocycles. The summed E-state index contributed by atoms with van der Waals surface area (Å²) in [4.78, 5) is 11.7. The number of hydrogen-bond acceptors (Lipinski definition) is 4. The van der Waals surface area contributed by atoms with Gasteiger partial charge < -0.3 is 20.9 Å². The van der Waals surface area contributed by atoms with Crippen LogP contribution in [0.3, 0.4) is 0 Å². The number of nitrogens with two attached hydrogens (primary N) is 1. The van der Waals surface area contributed by atoms with Crippen LogP contribution in [0.2, 0.25) is 0 Å². The van der Waals surface area contributed by atoms with Crippen LogP contribution in [0.15, 0.2) is 48.5 Å². The first-order chi connectivity index (χ1) is 13.0. The predicted molar refractivity (Wildman–Crippen MR) is 108 cm³/mol. The molecule has 0 heterocycles. The zero-order valence-electron chi connectivity index (χ0n) is 16.2. The molecule has 1 amide bonds. The van der Waals surface area contributed by atoms with E-state index in [2.05, 4.69) is 19.2 Å². The van der Waals surface area contributed by atoms with E-state index in [0.717, 1.165) is 36.3 Å². The third-order valence-corrected chi connectivity index (χ3v) is 4.84. The van der Waals surface area contributed by atoms with Crippen molar-refractivity contribution in [3.05, 3.63) is 59.7 Å². The number of benzene rings is 2. The Morgan fingerprint density at radius 3 is 2.19 bits per heavy atom. The maximum absolute atomic E-state index is 11.7. The summed E-state index contributed by atoms with van der Waals surface area (Å²) in [6.45, 7) is 5.64. The Labute approximate surface area is 161 Å². The second-order valence-electron chi connectivity index (χ2n) is 6.84. The lowest BCUT2D eigenvalue weighted by Gasteiger charge is -2.16. The van der Waals surface area contributed by atoms with Crippen molar-refractivity contribution in [2.24, 2.45) is 11.7 Å². The van der Waals surface area contributed by atoms with E-state index in [0.29, 0.717) is 18.9 Å². The van der Waals surface area contributed by atoms with Crippen LogP contribution in [0.4, 0.5) is 0 Å². The van der Waals surface area contributed by atoms with Crippen molar-refractivity contribution in [1.82, 2.24) is 5.32 Å². The molecule has 2 aromatic rings. The maximum Gasteiger partial charge on any atom is 0.234 e. The molecular weight excluding hydrogens is 340 g/mol. The van der Waals surface area contributed by atoms with Gasteiger partial charge in [0.15, 0.2) is 0 Å². The molecule has 0 aliphatic heterocycles. The quantitative estimate of drug-likeness (QED) is 0.566. The molecule has 146 valence electrons. The van der Waals surface area contributed by atoms with Gasteiger partial charge >= 0.3 is 0 Å². The molecule has 1 atom stereocenters. The Balaban J connectivity index is 1.87. The van der Waals surface area contributed by atoms with Crippen molar-refractivity contribution in [3.8, 4) is 11.5 Å². The van der Waals surface area contributed by atoms with Gasteiger partial charge in [-0.3, -0.25) is 4.79 Å². The largest absolute Gasteiger partial charge is 0.508 e. The molecule has 0 spiro atoms. The Morgan fingerprint density at radius 1 is 1.04 bits per heavy atom. The number of amides is 1. The topological polar surface area (TPSA) is 84.6 Å². The number of rotatable bonds is 11. The highest BCUT2D eigenvalue weighted by Gasteiger charge is 2.15. The highest BCUT2D eigenvalue weighted by Crippen LogP contribution is 2.16. The first-order valence-electron chi connectivity index (χ1n) is 9.54. The fourth-order valence-electron chi connectivity index (χ4n) is 2.82. The van der Waals surface area contributed by atoms with Crippen molar-refractivity contribution < 1.29 is 14.6 Å². The molecule has 0 aliphatic carbocycles. The van der Waals surface area contributed by atoms with Gasteiger partial charge in [0.2, 0.25) is 5.91 Å². The summed E-state index contributed by atoms with van der Waals surface area (Å²) in [7, 11) is 0. The lowest BCUT2D eigenvalue weighted by Crippen LogP contribution is -2.42. The normalized spacial score (nSPS) is 12.1. The number of primary amides is 1. The minimum atomic E-state index is -0.472. The van der Waals surface area contributed by atoms with E-state index >= 15 is 0 Å². The number of carbonyl (C=O) groups is 1. The van der Waals surface area contributed by atoms with Gasteiger partial charge in [-0.2, -0.15) is 0 Å². The second kappa shape index (κ2) is 10.6. The van der Waals surface area contributed by atoms with Gasteiger partial charge in [-0.05, 0) is 47.7 Å². The van der Waals surface area contributed by atoms with Crippen LogP contribution in [0, 0.1) is 5.92 Å². The van der Waals surface area contributed by atoms with Crippen molar-refractivity contribution in [3.63, 3.8) is 0 Å². The molecule has 5 heteroatoms. The van der Waals surface area contributed by atoms with Gasteiger partial charge in [0.05, 0.1) is 12.6 Å². The lowest BCUT2D eigenvalue weighted by molar-refractivity contribution is -0.120. The average Bonchev–Trinajstić information content (AvgIpc) is 2.68. The van der Waals surface area contributed by atoms with Crippen LogP contribution in [0.25, 0.3) is 0 Å².